The number of hydrogen-bond donors (Lipinski definition) is 2. The maximum absolute atomic E-state index is 12.6. The number of anilines is 1. The van der Waals surface area contributed by atoms with E-state index in [2.05, 4.69) is 26.3 Å². The number of allylic oxidation sites excluding steroid dienone is 1. The van der Waals surface area contributed by atoms with Crippen molar-refractivity contribution in [2.24, 2.45) is 0 Å². The van der Waals surface area contributed by atoms with Crippen LogP contribution in [0.25, 0.3) is 11.4 Å². The van der Waals surface area contributed by atoms with Crippen molar-refractivity contribution in [1.82, 2.24) is 15.3 Å². The van der Waals surface area contributed by atoms with E-state index in [-0.39, 0.29) is 12.0 Å². The number of aromatic nitrogens is 2. The Morgan fingerprint density at radius 3 is 3.00 bits per heavy atom. The Morgan fingerprint density at radius 2 is 2.21 bits per heavy atom. The first kappa shape index (κ1) is 18.6. The molecule has 2 N–H and O–H groups in total. The lowest BCUT2D eigenvalue weighted by atomic mass is 9.99. The highest BCUT2D eigenvalue weighted by molar-refractivity contribution is 5.95. The van der Waals surface area contributed by atoms with Gasteiger partial charge in [-0.25, -0.2) is 9.97 Å². The zero-order valence-electron chi connectivity index (χ0n) is 16.0. The highest BCUT2D eigenvalue weighted by atomic mass is 16.3. The van der Waals surface area contributed by atoms with E-state index in [0.717, 1.165) is 37.2 Å². The molecule has 1 aliphatic carbocycles. The summed E-state index contributed by atoms with van der Waals surface area (Å²) in [5.74, 6) is 1.32. The van der Waals surface area contributed by atoms with Crippen molar-refractivity contribution in [2.75, 3.05) is 24.5 Å². The van der Waals surface area contributed by atoms with Gasteiger partial charge < -0.3 is 15.3 Å². The quantitative estimate of drug-likeness (QED) is 0.782. The van der Waals surface area contributed by atoms with E-state index in [1.54, 1.807) is 6.20 Å². The predicted molar refractivity (Wildman–Crippen MR) is 109 cm³/mol. The normalized spacial score (nSPS) is 19.4. The van der Waals surface area contributed by atoms with E-state index in [0.29, 0.717) is 24.5 Å². The second-order valence-electron chi connectivity index (χ2n) is 7.50. The third kappa shape index (κ3) is 4.39. The number of carbonyl (C=O) groups is 1. The summed E-state index contributed by atoms with van der Waals surface area (Å²) >= 11 is 0. The molecule has 1 amide bonds. The van der Waals surface area contributed by atoms with Crippen molar-refractivity contribution >= 4 is 11.7 Å². The monoisotopic (exact) mass is 378 g/mol. The highest BCUT2D eigenvalue weighted by Crippen LogP contribution is 2.22. The van der Waals surface area contributed by atoms with E-state index < -0.39 is 0 Å². The molecule has 6 nitrogen and oxygen atoms in total. The van der Waals surface area contributed by atoms with Gasteiger partial charge in [0.15, 0.2) is 5.82 Å². The highest BCUT2D eigenvalue weighted by Gasteiger charge is 2.21. The number of rotatable bonds is 5. The summed E-state index contributed by atoms with van der Waals surface area (Å²) in [6.45, 7) is 2.00. The zero-order valence-corrected chi connectivity index (χ0v) is 16.0. The number of nitrogens with one attached hydrogen (secondary N) is 1. The van der Waals surface area contributed by atoms with E-state index in [1.807, 2.05) is 30.3 Å². The van der Waals surface area contributed by atoms with E-state index in [4.69, 9.17) is 0 Å². The average Bonchev–Trinajstić information content (AvgIpc) is 3.19. The molecular weight excluding hydrogens is 352 g/mol. The molecule has 1 aromatic carbocycles. The second kappa shape index (κ2) is 8.52. The van der Waals surface area contributed by atoms with Gasteiger partial charge >= 0.3 is 0 Å². The fourth-order valence-electron chi connectivity index (χ4n) is 3.77. The molecule has 0 unspecified atom stereocenters. The van der Waals surface area contributed by atoms with Crippen molar-refractivity contribution in [2.45, 2.75) is 38.2 Å². The lowest BCUT2D eigenvalue weighted by molar-refractivity contribution is 0.0956. The minimum absolute atomic E-state index is 0.0767. The van der Waals surface area contributed by atoms with Crippen molar-refractivity contribution in [3.63, 3.8) is 0 Å². The molecule has 0 radical (unpaired) electrons. The summed E-state index contributed by atoms with van der Waals surface area (Å²) < 4.78 is 0. The van der Waals surface area contributed by atoms with E-state index in [1.165, 1.54) is 18.4 Å². The first-order chi connectivity index (χ1) is 13.7. The zero-order chi connectivity index (χ0) is 19.3. The maximum atomic E-state index is 12.6. The number of hydrogen-bond acceptors (Lipinski definition) is 5. The van der Waals surface area contributed by atoms with Crippen LogP contribution >= 0.6 is 0 Å². The minimum Gasteiger partial charge on any atom is -0.391 e. The molecule has 146 valence electrons. The predicted octanol–water partition coefficient (Wildman–Crippen LogP) is 2.94. The van der Waals surface area contributed by atoms with Crippen LogP contribution in [0.15, 0.2) is 48.2 Å². The Balaban J connectivity index is 1.47. The lowest BCUT2D eigenvalue weighted by Gasteiger charge is -2.17. The number of β-amino-alcohol motifs (C(OH)–C–C–N with tert-alkyl or cyclic N) is 1. The number of aliphatic hydroxyl groups excluding tert-OH is 1. The average molecular weight is 378 g/mol. The first-order valence-corrected chi connectivity index (χ1v) is 10.0. The molecule has 4 rings (SSSR count). The van der Waals surface area contributed by atoms with Crippen molar-refractivity contribution in [3.8, 4) is 11.4 Å². The fraction of sp³-hybridized carbons (Fsp3) is 0.409. The summed E-state index contributed by atoms with van der Waals surface area (Å²) in [6.07, 6.45) is 9.07. The van der Waals surface area contributed by atoms with Crippen LogP contribution < -0.4 is 10.2 Å². The van der Waals surface area contributed by atoms with Gasteiger partial charge in [0.05, 0.1) is 6.10 Å². The number of benzene rings is 1. The molecule has 0 bridgehead atoms. The van der Waals surface area contributed by atoms with Gasteiger partial charge in [-0.3, -0.25) is 4.79 Å². The molecular formula is C22H26N4O2. The third-order valence-corrected chi connectivity index (χ3v) is 5.37. The van der Waals surface area contributed by atoms with Gasteiger partial charge in [-0.05, 0) is 50.3 Å². The van der Waals surface area contributed by atoms with Gasteiger partial charge in [0.1, 0.15) is 5.82 Å². The molecule has 2 aliphatic rings. The number of aliphatic hydroxyl groups is 1. The summed E-state index contributed by atoms with van der Waals surface area (Å²) in [5, 5.41) is 12.8. The molecule has 2 aromatic rings. The summed E-state index contributed by atoms with van der Waals surface area (Å²) in [5.41, 5.74) is 2.74. The third-order valence-electron chi connectivity index (χ3n) is 5.37. The maximum Gasteiger partial charge on any atom is 0.251 e. The van der Waals surface area contributed by atoms with Crippen LogP contribution in [0.5, 0.6) is 0 Å². The van der Waals surface area contributed by atoms with Gasteiger partial charge in [-0.1, -0.05) is 23.8 Å². The van der Waals surface area contributed by atoms with Crippen LogP contribution in [0.1, 0.15) is 42.5 Å². The summed E-state index contributed by atoms with van der Waals surface area (Å²) in [7, 11) is 0. The van der Waals surface area contributed by atoms with Crippen molar-refractivity contribution in [1.29, 1.82) is 0 Å². The van der Waals surface area contributed by atoms with Gasteiger partial charge in [-0.15, -0.1) is 0 Å². The van der Waals surface area contributed by atoms with Crippen LogP contribution in [0, 0.1) is 0 Å². The summed E-state index contributed by atoms with van der Waals surface area (Å²) in [4.78, 5) is 23.6. The van der Waals surface area contributed by atoms with Crippen LogP contribution in [0.2, 0.25) is 0 Å². The molecule has 1 saturated heterocycles. The molecule has 0 spiro atoms. The first-order valence-electron chi connectivity index (χ1n) is 10.0. The van der Waals surface area contributed by atoms with E-state index in [9.17, 15) is 9.90 Å². The number of nitrogens with zero attached hydrogens (tertiary/aromatic N) is 3. The second-order valence-corrected chi connectivity index (χ2v) is 7.50. The number of carbonyl (C=O) groups excluding carboxylic acids is 1. The fourth-order valence-corrected chi connectivity index (χ4v) is 3.77. The minimum atomic E-state index is -0.301. The smallest absolute Gasteiger partial charge is 0.251 e. The summed E-state index contributed by atoms with van der Waals surface area (Å²) in [6, 6.07) is 9.28. The number of amides is 1. The molecule has 0 saturated carbocycles. The molecule has 1 atom stereocenters. The van der Waals surface area contributed by atoms with Crippen LogP contribution in [-0.2, 0) is 0 Å². The van der Waals surface area contributed by atoms with Gasteiger partial charge in [0, 0.05) is 37.0 Å². The van der Waals surface area contributed by atoms with Crippen LogP contribution in [0.3, 0.4) is 0 Å². The largest absolute Gasteiger partial charge is 0.391 e. The topological polar surface area (TPSA) is 78.4 Å². The molecule has 1 aliphatic heterocycles. The van der Waals surface area contributed by atoms with Gasteiger partial charge in [0.2, 0.25) is 0 Å². The Bertz CT molecular complexity index is 880. The lowest BCUT2D eigenvalue weighted by Crippen LogP contribution is -2.26. The molecule has 6 heteroatoms. The Kier molecular flexibility index (Phi) is 5.67. The molecule has 2 heterocycles. The molecule has 1 fully saturated rings. The van der Waals surface area contributed by atoms with Gasteiger partial charge in [0.25, 0.3) is 5.91 Å². The standard InChI is InChI=1S/C22H26N4O2/c27-19-10-12-26(15-19)20-9-11-23-21(25-20)17-7-4-8-18(13-17)22(28)24-14-16-5-2-1-3-6-16/h4-5,7-9,11,13,19,27H,1-3,6,10,12,14-15H2,(H,24,28)/t19-/m1/s1. The van der Waals surface area contributed by atoms with Crippen molar-refractivity contribution in [3.05, 3.63) is 53.7 Å². The Labute approximate surface area is 165 Å². The van der Waals surface area contributed by atoms with Gasteiger partial charge in [-0.2, -0.15) is 0 Å². The molecule has 1 aromatic heterocycles. The van der Waals surface area contributed by atoms with Crippen molar-refractivity contribution < 1.29 is 9.90 Å². The molecule has 28 heavy (non-hydrogen) atoms. The Morgan fingerprint density at radius 1 is 1.29 bits per heavy atom. The van der Waals surface area contributed by atoms with Crippen LogP contribution in [-0.4, -0.2) is 46.7 Å². The SMILES string of the molecule is O=C(NCC1=CCCCC1)c1cccc(-c2nccc(N3CC[C@@H](O)C3)n2)c1. The van der Waals surface area contributed by atoms with E-state index >= 15 is 0 Å². The van der Waals surface area contributed by atoms with Crippen LogP contribution in [0.4, 0.5) is 5.82 Å². The Hall–Kier alpha value is -2.73.